The lowest BCUT2D eigenvalue weighted by Gasteiger charge is -2.13. The van der Waals surface area contributed by atoms with Gasteiger partial charge in [-0.1, -0.05) is 72.8 Å². The Morgan fingerprint density at radius 1 is 0.520 bits per heavy atom. The third kappa shape index (κ3) is 2.78. The van der Waals surface area contributed by atoms with Crippen LogP contribution in [0.1, 0.15) is 0 Å². The van der Waals surface area contributed by atoms with Crippen molar-refractivity contribution in [3.8, 4) is 0 Å². The molecule has 0 aliphatic carbocycles. The highest BCUT2D eigenvalue weighted by Crippen LogP contribution is 2.39. The van der Waals surface area contributed by atoms with E-state index in [0.29, 0.717) is 0 Å². The minimum absolute atomic E-state index is 1.33. The maximum Gasteiger partial charge on any atom is 0.394 e. The zero-order valence-electron chi connectivity index (χ0n) is 13.0. The number of hydrogen-bond acceptors (Lipinski definition) is 2. The van der Waals surface area contributed by atoms with Gasteiger partial charge in [0.2, 0.25) is 0 Å². The van der Waals surface area contributed by atoms with Crippen LogP contribution in [0.4, 0.5) is 0 Å². The van der Waals surface area contributed by atoms with Gasteiger partial charge in [0, 0.05) is 0 Å². The van der Waals surface area contributed by atoms with E-state index in [1.54, 1.807) is 0 Å². The molecular formula is C20H14O4S. The lowest BCUT2D eigenvalue weighted by molar-refractivity contribution is 0.381. The SMILES string of the molecule is O=S(=O)(O)O.c1cc2cccc3c4cccc5cccc(c(c1)c23)c54. The lowest BCUT2D eigenvalue weighted by atomic mass is 9.90. The van der Waals surface area contributed by atoms with Crippen LogP contribution in [0.5, 0.6) is 0 Å². The van der Waals surface area contributed by atoms with Crippen LogP contribution >= 0.6 is 0 Å². The highest BCUT2D eigenvalue weighted by molar-refractivity contribution is 7.79. The molecule has 4 nitrogen and oxygen atoms in total. The van der Waals surface area contributed by atoms with Gasteiger partial charge in [-0.3, -0.25) is 9.11 Å². The molecule has 5 heteroatoms. The van der Waals surface area contributed by atoms with Gasteiger partial charge in [0.1, 0.15) is 0 Å². The van der Waals surface area contributed by atoms with Gasteiger partial charge in [-0.05, 0) is 43.1 Å². The molecule has 0 aliphatic rings. The standard InChI is InChI=1S/C20H12.H2O4S/c1-5-13-6-2-11-17-18-12-4-8-14-7-3-10-16(20(14)18)15(9-1)19(13)17;1-5(2,3)4/h1-12H;(H2,1,2,3,4). The highest BCUT2D eigenvalue weighted by Gasteiger charge is 2.11. The van der Waals surface area contributed by atoms with Gasteiger partial charge in [-0.25, -0.2) is 0 Å². The second kappa shape index (κ2) is 5.67. The van der Waals surface area contributed by atoms with Crippen molar-refractivity contribution in [2.45, 2.75) is 0 Å². The Balaban J connectivity index is 0.000000280. The molecular weight excluding hydrogens is 336 g/mol. The second-order valence-corrected chi connectivity index (χ2v) is 6.76. The van der Waals surface area contributed by atoms with E-state index in [-0.39, 0.29) is 0 Å². The van der Waals surface area contributed by atoms with E-state index in [2.05, 4.69) is 72.8 Å². The van der Waals surface area contributed by atoms with E-state index >= 15 is 0 Å². The van der Waals surface area contributed by atoms with Gasteiger partial charge in [0.05, 0.1) is 0 Å². The van der Waals surface area contributed by atoms with Crippen molar-refractivity contribution in [3.63, 3.8) is 0 Å². The Labute approximate surface area is 144 Å². The topological polar surface area (TPSA) is 74.6 Å². The van der Waals surface area contributed by atoms with E-state index in [0.717, 1.165) is 0 Å². The van der Waals surface area contributed by atoms with Gasteiger partial charge >= 0.3 is 10.4 Å². The average Bonchev–Trinajstić information content (AvgIpc) is 2.58. The molecule has 0 amide bonds. The van der Waals surface area contributed by atoms with E-state index in [4.69, 9.17) is 17.5 Å². The Hall–Kier alpha value is -2.73. The monoisotopic (exact) mass is 350 g/mol. The van der Waals surface area contributed by atoms with Crippen molar-refractivity contribution in [2.24, 2.45) is 0 Å². The van der Waals surface area contributed by atoms with Crippen LogP contribution in [-0.4, -0.2) is 17.5 Å². The zero-order chi connectivity index (χ0) is 17.6. The Morgan fingerprint density at radius 3 is 1.00 bits per heavy atom. The van der Waals surface area contributed by atoms with Crippen LogP contribution in [0.25, 0.3) is 43.1 Å². The predicted molar refractivity (Wildman–Crippen MR) is 102 cm³/mol. The fraction of sp³-hybridized carbons (Fsp3) is 0. The number of hydrogen-bond donors (Lipinski definition) is 2. The fourth-order valence-corrected chi connectivity index (χ4v) is 3.58. The summed E-state index contributed by atoms with van der Waals surface area (Å²) in [5, 5.41) is 10.9. The molecule has 0 bridgehead atoms. The molecule has 0 radical (unpaired) electrons. The first kappa shape index (κ1) is 15.8. The zero-order valence-corrected chi connectivity index (χ0v) is 13.9. The molecule has 124 valence electrons. The van der Waals surface area contributed by atoms with E-state index < -0.39 is 10.4 Å². The van der Waals surface area contributed by atoms with Gasteiger partial charge < -0.3 is 0 Å². The van der Waals surface area contributed by atoms with E-state index in [1.165, 1.54) is 43.1 Å². The Bertz CT molecular complexity index is 1150. The lowest BCUT2D eigenvalue weighted by Crippen LogP contribution is -1.89. The van der Waals surface area contributed by atoms with Gasteiger partial charge in [0.25, 0.3) is 0 Å². The summed E-state index contributed by atoms with van der Waals surface area (Å²) in [4.78, 5) is 0. The number of rotatable bonds is 0. The average molecular weight is 350 g/mol. The first-order chi connectivity index (χ1) is 11.9. The van der Waals surface area contributed by atoms with Crippen molar-refractivity contribution >= 4 is 53.5 Å². The molecule has 5 aromatic carbocycles. The third-order valence-electron chi connectivity index (χ3n) is 4.39. The van der Waals surface area contributed by atoms with Crippen LogP contribution in [0, 0.1) is 0 Å². The van der Waals surface area contributed by atoms with Crippen LogP contribution < -0.4 is 0 Å². The molecule has 0 spiro atoms. The maximum atomic E-state index is 8.74. The molecule has 0 saturated carbocycles. The van der Waals surface area contributed by atoms with Crippen molar-refractivity contribution in [2.75, 3.05) is 0 Å². The second-order valence-electron chi connectivity index (χ2n) is 5.87. The summed E-state index contributed by atoms with van der Waals surface area (Å²) in [6, 6.07) is 26.4. The van der Waals surface area contributed by atoms with Gasteiger partial charge in [-0.15, -0.1) is 0 Å². The van der Waals surface area contributed by atoms with Crippen LogP contribution in [-0.2, 0) is 10.4 Å². The van der Waals surface area contributed by atoms with E-state index in [9.17, 15) is 0 Å². The molecule has 0 saturated heterocycles. The molecule has 0 aromatic heterocycles. The van der Waals surface area contributed by atoms with Crippen LogP contribution in [0.3, 0.4) is 0 Å². The third-order valence-corrected chi connectivity index (χ3v) is 4.39. The smallest absolute Gasteiger partial charge is 0.264 e. The molecule has 0 aliphatic heterocycles. The summed E-state index contributed by atoms with van der Waals surface area (Å²) < 4.78 is 31.6. The first-order valence-electron chi connectivity index (χ1n) is 7.67. The maximum absolute atomic E-state index is 8.74. The first-order valence-corrected chi connectivity index (χ1v) is 9.07. The summed E-state index contributed by atoms with van der Waals surface area (Å²) in [6.07, 6.45) is 0. The molecule has 0 unspecified atom stereocenters. The quantitative estimate of drug-likeness (QED) is 0.232. The summed E-state index contributed by atoms with van der Waals surface area (Å²) in [5.74, 6) is 0. The predicted octanol–water partition coefficient (Wildman–Crippen LogP) is 5.08. The molecule has 0 heterocycles. The summed E-state index contributed by atoms with van der Waals surface area (Å²) in [7, 11) is -4.67. The van der Waals surface area contributed by atoms with Crippen molar-refractivity contribution in [1.29, 1.82) is 0 Å². The summed E-state index contributed by atoms with van der Waals surface area (Å²) in [6.45, 7) is 0. The highest BCUT2D eigenvalue weighted by atomic mass is 32.3. The number of benzene rings is 5. The minimum atomic E-state index is -4.67. The fourth-order valence-electron chi connectivity index (χ4n) is 3.58. The molecule has 2 N–H and O–H groups in total. The molecule has 25 heavy (non-hydrogen) atoms. The van der Waals surface area contributed by atoms with E-state index in [1.807, 2.05) is 0 Å². The van der Waals surface area contributed by atoms with Gasteiger partial charge in [-0.2, -0.15) is 8.42 Å². The largest absolute Gasteiger partial charge is 0.394 e. The molecule has 0 atom stereocenters. The van der Waals surface area contributed by atoms with Crippen LogP contribution in [0.15, 0.2) is 72.8 Å². The Kier molecular flexibility index (Phi) is 3.58. The summed E-state index contributed by atoms with van der Waals surface area (Å²) >= 11 is 0. The van der Waals surface area contributed by atoms with Crippen molar-refractivity contribution < 1.29 is 17.5 Å². The molecule has 5 rings (SSSR count). The Morgan fingerprint density at radius 2 is 0.760 bits per heavy atom. The van der Waals surface area contributed by atoms with Crippen molar-refractivity contribution in [1.82, 2.24) is 0 Å². The summed E-state index contributed by atoms with van der Waals surface area (Å²) in [5.41, 5.74) is 0. The molecule has 0 fully saturated rings. The normalized spacial score (nSPS) is 11.9. The molecule has 5 aromatic rings. The van der Waals surface area contributed by atoms with Crippen molar-refractivity contribution in [3.05, 3.63) is 72.8 Å². The minimum Gasteiger partial charge on any atom is -0.264 e. The van der Waals surface area contributed by atoms with Crippen LogP contribution in [0.2, 0.25) is 0 Å². The number of fused-ring (bicyclic) bond motifs is 2. The van der Waals surface area contributed by atoms with Gasteiger partial charge in [0.15, 0.2) is 0 Å².